The minimum absolute atomic E-state index is 0.119. The molecule has 1 N–H and O–H groups in total. The molecular weight excluding hydrogens is 288 g/mol. The minimum atomic E-state index is -0.753. The van der Waals surface area contributed by atoms with E-state index in [9.17, 15) is 9.59 Å². The van der Waals surface area contributed by atoms with E-state index in [1.165, 1.54) is 0 Å². The molecule has 0 aromatic heterocycles. The van der Waals surface area contributed by atoms with Crippen LogP contribution in [0.5, 0.6) is 0 Å². The van der Waals surface area contributed by atoms with Crippen molar-refractivity contribution in [2.24, 2.45) is 5.92 Å². The SMILES string of the molecule is CCC#CCCC/C=C1/C(=O)C=C[C@@H]1C/C=C\CCCC(=O)O. The summed E-state index contributed by atoms with van der Waals surface area (Å²) < 4.78 is 0. The fourth-order valence-electron chi connectivity index (χ4n) is 2.44. The Morgan fingerprint density at radius 2 is 2.09 bits per heavy atom. The van der Waals surface area contributed by atoms with Crippen LogP contribution in [0.25, 0.3) is 0 Å². The zero-order valence-electron chi connectivity index (χ0n) is 13.9. The van der Waals surface area contributed by atoms with E-state index in [-0.39, 0.29) is 18.1 Å². The highest BCUT2D eigenvalue weighted by molar-refractivity contribution is 6.07. The van der Waals surface area contributed by atoms with Gasteiger partial charge in [-0.3, -0.25) is 9.59 Å². The summed E-state index contributed by atoms with van der Waals surface area (Å²) in [6.07, 6.45) is 15.8. The van der Waals surface area contributed by atoms with Crippen molar-refractivity contribution in [3.8, 4) is 11.8 Å². The van der Waals surface area contributed by atoms with Crippen molar-refractivity contribution in [3.63, 3.8) is 0 Å². The molecule has 1 aliphatic rings. The molecule has 0 spiro atoms. The maximum absolute atomic E-state index is 11.9. The second kappa shape index (κ2) is 11.5. The number of ketones is 1. The van der Waals surface area contributed by atoms with Crippen molar-refractivity contribution in [2.45, 2.75) is 58.3 Å². The second-order valence-corrected chi connectivity index (χ2v) is 5.58. The summed E-state index contributed by atoms with van der Waals surface area (Å²) in [5.41, 5.74) is 0.892. The molecule has 0 aromatic rings. The molecule has 23 heavy (non-hydrogen) atoms. The quantitative estimate of drug-likeness (QED) is 0.296. The molecule has 0 saturated heterocycles. The van der Waals surface area contributed by atoms with Gasteiger partial charge in [0.15, 0.2) is 5.78 Å². The lowest BCUT2D eigenvalue weighted by Crippen LogP contribution is -2.02. The van der Waals surface area contributed by atoms with Gasteiger partial charge in [0, 0.05) is 30.8 Å². The van der Waals surface area contributed by atoms with Crippen molar-refractivity contribution in [1.82, 2.24) is 0 Å². The average molecular weight is 314 g/mol. The molecule has 1 atom stereocenters. The standard InChI is InChI=1S/C20H26O3/c1-2-3-4-5-6-10-13-18-17(15-16-19(18)21)12-9-7-8-11-14-20(22)23/h7,9,13,15-17H,2,5-6,8,10-12,14H2,1H3,(H,22,23)/b9-7-,18-13+/t17-/m0/s1. The Morgan fingerprint density at radius 3 is 2.83 bits per heavy atom. The van der Waals surface area contributed by atoms with E-state index in [0.717, 1.165) is 44.1 Å². The summed E-state index contributed by atoms with van der Waals surface area (Å²) in [6, 6.07) is 0. The molecule has 0 saturated carbocycles. The monoisotopic (exact) mass is 314 g/mol. The number of carbonyl (C=O) groups is 2. The lowest BCUT2D eigenvalue weighted by Gasteiger charge is -2.07. The van der Waals surface area contributed by atoms with Gasteiger partial charge in [-0.05, 0) is 38.2 Å². The highest BCUT2D eigenvalue weighted by Gasteiger charge is 2.21. The number of hydrogen-bond acceptors (Lipinski definition) is 2. The Labute approximate surface area is 139 Å². The molecule has 3 heteroatoms. The van der Waals surface area contributed by atoms with Gasteiger partial charge in [0.2, 0.25) is 0 Å². The first kappa shape index (κ1) is 19.0. The predicted molar refractivity (Wildman–Crippen MR) is 92.9 cm³/mol. The third-order valence-electron chi connectivity index (χ3n) is 3.65. The normalized spacial score (nSPS) is 18.6. The zero-order chi connectivity index (χ0) is 16.9. The van der Waals surface area contributed by atoms with Gasteiger partial charge in [-0.2, -0.15) is 0 Å². The molecule has 0 amide bonds. The van der Waals surface area contributed by atoms with E-state index in [1.54, 1.807) is 6.08 Å². The van der Waals surface area contributed by atoms with E-state index >= 15 is 0 Å². The Bertz CT molecular complexity index is 541. The molecule has 1 aliphatic carbocycles. The molecule has 1 rings (SSSR count). The first-order valence-corrected chi connectivity index (χ1v) is 8.40. The first-order valence-electron chi connectivity index (χ1n) is 8.40. The van der Waals surface area contributed by atoms with Crippen LogP contribution in [-0.2, 0) is 9.59 Å². The number of rotatable bonds is 9. The van der Waals surface area contributed by atoms with Crippen LogP contribution in [0, 0.1) is 17.8 Å². The van der Waals surface area contributed by atoms with Crippen molar-refractivity contribution in [3.05, 3.63) is 36.0 Å². The number of carboxylic acid groups (broad SMARTS) is 1. The number of allylic oxidation sites excluding steroid dienone is 6. The number of aliphatic carboxylic acids is 1. The Kier molecular flexibility index (Phi) is 9.47. The van der Waals surface area contributed by atoms with Gasteiger partial charge in [0.05, 0.1) is 0 Å². The van der Waals surface area contributed by atoms with Crippen molar-refractivity contribution >= 4 is 11.8 Å². The van der Waals surface area contributed by atoms with E-state index in [2.05, 4.69) is 24.0 Å². The molecular formula is C20H26O3. The molecule has 0 aromatic carbocycles. The average Bonchev–Trinajstić information content (AvgIpc) is 2.86. The molecule has 0 aliphatic heterocycles. The fourth-order valence-corrected chi connectivity index (χ4v) is 2.44. The summed E-state index contributed by atoms with van der Waals surface area (Å²) in [5.74, 6) is 5.69. The van der Waals surface area contributed by atoms with E-state index in [4.69, 9.17) is 5.11 Å². The largest absolute Gasteiger partial charge is 0.481 e. The van der Waals surface area contributed by atoms with E-state index in [1.807, 2.05) is 19.1 Å². The summed E-state index contributed by atoms with van der Waals surface area (Å²) in [4.78, 5) is 22.3. The maximum Gasteiger partial charge on any atom is 0.303 e. The molecule has 0 radical (unpaired) electrons. The van der Waals surface area contributed by atoms with Crippen LogP contribution in [0.2, 0.25) is 0 Å². The molecule has 124 valence electrons. The highest BCUT2D eigenvalue weighted by Crippen LogP contribution is 2.26. The van der Waals surface area contributed by atoms with E-state index in [0.29, 0.717) is 6.42 Å². The molecule has 0 fully saturated rings. The third-order valence-corrected chi connectivity index (χ3v) is 3.65. The predicted octanol–water partition coefficient (Wildman–Crippen LogP) is 4.45. The van der Waals surface area contributed by atoms with Gasteiger partial charge in [-0.25, -0.2) is 0 Å². The van der Waals surface area contributed by atoms with Crippen LogP contribution in [-0.4, -0.2) is 16.9 Å². The molecule has 0 heterocycles. The second-order valence-electron chi connectivity index (χ2n) is 5.58. The van der Waals surface area contributed by atoms with Crippen molar-refractivity contribution in [2.75, 3.05) is 0 Å². The lowest BCUT2D eigenvalue weighted by molar-refractivity contribution is -0.137. The summed E-state index contributed by atoms with van der Waals surface area (Å²) in [5, 5.41) is 8.57. The summed E-state index contributed by atoms with van der Waals surface area (Å²) in [7, 11) is 0. The van der Waals surface area contributed by atoms with Crippen LogP contribution in [0.3, 0.4) is 0 Å². The van der Waals surface area contributed by atoms with Crippen LogP contribution in [0.1, 0.15) is 58.3 Å². The lowest BCUT2D eigenvalue weighted by atomic mass is 9.96. The number of hydrogen-bond donors (Lipinski definition) is 1. The van der Waals surface area contributed by atoms with Gasteiger partial charge >= 0.3 is 5.97 Å². The minimum Gasteiger partial charge on any atom is -0.481 e. The highest BCUT2D eigenvalue weighted by atomic mass is 16.4. The van der Waals surface area contributed by atoms with Gasteiger partial charge in [-0.15, -0.1) is 11.8 Å². The van der Waals surface area contributed by atoms with Gasteiger partial charge in [0.25, 0.3) is 0 Å². The number of unbranched alkanes of at least 4 members (excludes halogenated alkanes) is 3. The third kappa shape index (κ3) is 8.21. The van der Waals surface area contributed by atoms with Crippen LogP contribution < -0.4 is 0 Å². The van der Waals surface area contributed by atoms with Crippen LogP contribution >= 0.6 is 0 Å². The smallest absolute Gasteiger partial charge is 0.303 e. The van der Waals surface area contributed by atoms with Crippen molar-refractivity contribution in [1.29, 1.82) is 0 Å². The molecule has 0 bridgehead atoms. The van der Waals surface area contributed by atoms with Crippen LogP contribution in [0.15, 0.2) is 36.0 Å². The Hall–Kier alpha value is -2.08. The summed E-state index contributed by atoms with van der Waals surface area (Å²) >= 11 is 0. The topological polar surface area (TPSA) is 54.4 Å². The van der Waals surface area contributed by atoms with Crippen LogP contribution in [0.4, 0.5) is 0 Å². The Morgan fingerprint density at radius 1 is 1.26 bits per heavy atom. The van der Waals surface area contributed by atoms with Gasteiger partial charge < -0.3 is 5.11 Å². The maximum atomic E-state index is 11.9. The summed E-state index contributed by atoms with van der Waals surface area (Å²) in [6.45, 7) is 2.04. The molecule has 0 unspecified atom stereocenters. The Balaban J connectivity index is 2.35. The zero-order valence-corrected chi connectivity index (χ0v) is 13.9. The number of carboxylic acids is 1. The number of carbonyl (C=O) groups excluding carboxylic acids is 1. The fraction of sp³-hybridized carbons (Fsp3) is 0.500. The van der Waals surface area contributed by atoms with Gasteiger partial charge in [-0.1, -0.05) is 31.2 Å². The molecule has 3 nitrogen and oxygen atoms in total. The van der Waals surface area contributed by atoms with Crippen molar-refractivity contribution < 1.29 is 14.7 Å². The van der Waals surface area contributed by atoms with Gasteiger partial charge in [0.1, 0.15) is 0 Å². The van der Waals surface area contributed by atoms with E-state index < -0.39 is 5.97 Å². The first-order chi connectivity index (χ1) is 11.1.